The number of aromatic nitrogens is 2. The van der Waals surface area contributed by atoms with Crippen LogP contribution in [0.3, 0.4) is 0 Å². The minimum atomic E-state index is -0.328. The maximum absolute atomic E-state index is 13.5. The minimum Gasteiger partial charge on any atom is -0.416 e. The monoisotopic (exact) mass is 503 g/mol. The molecular weight excluding hydrogens is 488 g/mol. The van der Waals surface area contributed by atoms with E-state index in [1.807, 2.05) is 53.4 Å². The SMILES string of the molecule is Fc1ccc(N(c2ccc(F)cc2)c2ccc(-c3nnc(-c4ccc(Br)cc4)o3)cc2)cc1. The van der Waals surface area contributed by atoms with Crippen LogP contribution in [0.5, 0.6) is 0 Å². The number of hydrogen-bond donors (Lipinski definition) is 0. The zero-order valence-corrected chi connectivity index (χ0v) is 18.7. The second-order valence-corrected chi connectivity index (χ2v) is 8.17. The van der Waals surface area contributed by atoms with E-state index in [1.165, 1.54) is 24.3 Å². The fourth-order valence-corrected chi connectivity index (χ4v) is 3.69. The van der Waals surface area contributed by atoms with Crippen molar-refractivity contribution in [3.63, 3.8) is 0 Å². The van der Waals surface area contributed by atoms with Gasteiger partial charge in [0.1, 0.15) is 11.6 Å². The molecule has 0 atom stereocenters. The fraction of sp³-hybridized carbons (Fsp3) is 0. The number of nitrogens with zero attached hydrogens (tertiary/aromatic N) is 3. The molecule has 0 aliphatic rings. The van der Waals surface area contributed by atoms with Gasteiger partial charge < -0.3 is 9.32 Å². The quantitative estimate of drug-likeness (QED) is 0.244. The molecule has 7 heteroatoms. The Morgan fingerprint density at radius 2 is 0.909 bits per heavy atom. The Morgan fingerprint density at radius 1 is 0.545 bits per heavy atom. The van der Waals surface area contributed by atoms with Gasteiger partial charge in [0.05, 0.1) is 0 Å². The largest absolute Gasteiger partial charge is 0.416 e. The fourth-order valence-electron chi connectivity index (χ4n) is 3.43. The number of hydrogen-bond acceptors (Lipinski definition) is 4. The topological polar surface area (TPSA) is 42.2 Å². The molecular formula is C26H16BrF2N3O. The first-order valence-electron chi connectivity index (χ1n) is 10.1. The highest BCUT2D eigenvalue weighted by Gasteiger charge is 2.15. The molecule has 33 heavy (non-hydrogen) atoms. The molecule has 1 aromatic heterocycles. The van der Waals surface area contributed by atoms with Crippen LogP contribution in [0.1, 0.15) is 0 Å². The molecule has 5 rings (SSSR count). The summed E-state index contributed by atoms with van der Waals surface area (Å²) < 4.78 is 33.8. The van der Waals surface area contributed by atoms with Crippen molar-refractivity contribution < 1.29 is 13.2 Å². The summed E-state index contributed by atoms with van der Waals surface area (Å²) in [6.07, 6.45) is 0. The Kier molecular flexibility index (Phi) is 5.71. The second-order valence-electron chi connectivity index (χ2n) is 7.25. The van der Waals surface area contributed by atoms with Gasteiger partial charge in [0, 0.05) is 32.7 Å². The Bertz CT molecular complexity index is 1320. The highest BCUT2D eigenvalue weighted by atomic mass is 79.9. The molecule has 0 unspecified atom stereocenters. The van der Waals surface area contributed by atoms with Gasteiger partial charge in [-0.05, 0) is 97.1 Å². The highest BCUT2D eigenvalue weighted by Crippen LogP contribution is 2.35. The molecule has 0 N–H and O–H groups in total. The summed E-state index contributed by atoms with van der Waals surface area (Å²) in [5.74, 6) is 0.174. The van der Waals surface area contributed by atoms with Crippen LogP contribution in [-0.4, -0.2) is 10.2 Å². The number of anilines is 3. The predicted molar refractivity (Wildman–Crippen MR) is 127 cm³/mol. The lowest BCUT2D eigenvalue weighted by atomic mass is 10.1. The number of rotatable bonds is 5. The molecule has 0 spiro atoms. The van der Waals surface area contributed by atoms with Crippen LogP contribution in [0.2, 0.25) is 0 Å². The Morgan fingerprint density at radius 3 is 1.33 bits per heavy atom. The van der Waals surface area contributed by atoms with Gasteiger partial charge >= 0.3 is 0 Å². The molecule has 0 saturated carbocycles. The Balaban J connectivity index is 1.48. The summed E-state index contributed by atoms with van der Waals surface area (Å²) in [7, 11) is 0. The van der Waals surface area contributed by atoms with E-state index < -0.39 is 0 Å². The van der Waals surface area contributed by atoms with Crippen LogP contribution < -0.4 is 4.90 Å². The molecule has 162 valence electrons. The van der Waals surface area contributed by atoms with Crippen molar-refractivity contribution in [3.8, 4) is 22.9 Å². The summed E-state index contributed by atoms with van der Waals surface area (Å²) in [5.41, 5.74) is 3.88. The third-order valence-electron chi connectivity index (χ3n) is 5.06. The summed E-state index contributed by atoms with van der Waals surface area (Å²) in [4.78, 5) is 1.91. The molecule has 0 aliphatic carbocycles. The molecule has 0 radical (unpaired) electrons. The smallest absolute Gasteiger partial charge is 0.248 e. The Labute approximate surface area is 197 Å². The van der Waals surface area contributed by atoms with Gasteiger partial charge in [-0.3, -0.25) is 0 Å². The van der Waals surface area contributed by atoms with E-state index in [-0.39, 0.29) is 11.6 Å². The maximum atomic E-state index is 13.5. The van der Waals surface area contributed by atoms with Gasteiger partial charge in [-0.2, -0.15) is 0 Å². The normalized spacial score (nSPS) is 10.9. The van der Waals surface area contributed by atoms with Gasteiger partial charge in [0.2, 0.25) is 11.8 Å². The molecule has 4 nitrogen and oxygen atoms in total. The number of benzene rings is 4. The van der Waals surface area contributed by atoms with Crippen molar-refractivity contribution in [2.24, 2.45) is 0 Å². The molecule has 0 aliphatic heterocycles. The summed E-state index contributed by atoms with van der Waals surface area (Å²) in [6, 6.07) is 27.4. The van der Waals surface area contributed by atoms with Crippen LogP contribution >= 0.6 is 15.9 Å². The summed E-state index contributed by atoms with van der Waals surface area (Å²) in [5, 5.41) is 8.32. The minimum absolute atomic E-state index is 0.328. The van der Waals surface area contributed by atoms with Crippen molar-refractivity contribution in [2.75, 3.05) is 4.90 Å². The molecule has 0 fully saturated rings. The predicted octanol–water partition coefficient (Wildman–Crippen LogP) is 7.91. The molecule has 5 aromatic rings. The van der Waals surface area contributed by atoms with Gasteiger partial charge in [0.25, 0.3) is 0 Å². The van der Waals surface area contributed by atoms with Gasteiger partial charge in [-0.25, -0.2) is 8.78 Å². The average Bonchev–Trinajstić information content (AvgIpc) is 3.33. The third kappa shape index (κ3) is 4.54. The van der Waals surface area contributed by atoms with Crippen LogP contribution in [0.15, 0.2) is 106 Å². The van der Waals surface area contributed by atoms with Crippen LogP contribution in [-0.2, 0) is 0 Å². The first-order valence-corrected chi connectivity index (χ1v) is 10.9. The highest BCUT2D eigenvalue weighted by molar-refractivity contribution is 9.10. The zero-order valence-electron chi connectivity index (χ0n) is 17.1. The molecule has 0 saturated heterocycles. The molecule has 1 heterocycles. The Hall–Kier alpha value is -3.84. The first-order chi connectivity index (χ1) is 16.1. The molecule has 0 amide bonds. The molecule has 0 bridgehead atoms. The van der Waals surface area contributed by atoms with Crippen LogP contribution in [0.4, 0.5) is 25.8 Å². The average molecular weight is 504 g/mol. The molecule has 4 aromatic carbocycles. The van der Waals surface area contributed by atoms with Crippen molar-refractivity contribution in [1.82, 2.24) is 10.2 Å². The van der Waals surface area contributed by atoms with E-state index in [4.69, 9.17) is 4.42 Å². The van der Waals surface area contributed by atoms with Crippen LogP contribution in [0, 0.1) is 11.6 Å². The van der Waals surface area contributed by atoms with E-state index in [0.717, 1.165) is 32.7 Å². The summed E-state index contributed by atoms with van der Waals surface area (Å²) in [6.45, 7) is 0. The lowest BCUT2D eigenvalue weighted by Crippen LogP contribution is -2.09. The number of halogens is 3. The van der Waals surface area contributed by atoms with Crippen LogP contribution in [0.25, 0.3) is 22.9 Å². The van der Waals surface area contributed by atoms with E-state index >= 15 is 0 Å². The summed E-state index contributed by atoms with van der Waals surface area (Å²) >= 11 is 3.41. The lowest BCUT2D eigenvalue weighted by molar-refractivity contribution is 0.584. The van der Waals surface area contributed by atoms with Gasteiger partial charge in [0.15, 0.2) is 0 Å². The van der Waals surface area contributed by atoms with E-state index in [2.05, 4.69) is 26.1 Å². The van der Waals surface area contributed by atoms with E-state index in [9.17, 15) is 8.78 Å². The third-order valence-corrected chi connectivity index (χ3v) is 5.59. The lowest BCUT2D eigenvalue weighted by Gasteiger charge is -2.25. The van der Waals surface area contributed by atoms with Crippen molar-refractivity contribution in [3.05, 3.63) is 113 Å². The standard InChI is InChI=1S/C26H16BrF2N3O/c27-19-5-1-17(2-6-19)25-30-31-26(33-25)18-3-11-22(12-4-18)32(23-13-7-20(28)8-14-23)24-15-9-21(29)10-16-24/h1-16H. The zero-order chi connectivity index (χ0) is 22.8. The van der Waals surface area contributed by atoms with Crippen molar-refractivity contribution in [1.29, 1.82) is 0 Å². The van der Waals surface area contributed by atoms with E-state index in [1.54, 1.807) is 24.3 Å². The first kappa shape index (κ1) is 21.0. The van der Waals surface area contributed by atoms with E-state index in [0.29, 0.717) is 11.8 Å². The van der Waals surface area contributed by atoms with Crippen molar-refractivity contribution in [2.45, 2.75) is 0 Å². The van der Waals surface area contributed by atoms with Crippen molar-refractivity contribution >= 4 is 33.0 Å². The maximum Gasteiger partial charge on any atom is 0.248 e. The van der Waals surface area contributed by atoms with Gasteiger partial charge in [-0.1, -0.05) is 15.9 Å². The van der Waals surface area contributed by atoms with Gasteiger partial charge in [-0.15, -0.1) is 10.2 Å². The second kappa shape index (κ2) is 8.96.